The van der Waals surface area contributed by atoms with Crippen LogP contribution in [0.3, 0.4) is 0 Å². The SMILES string of the molecule is [O-][N+](=Cc1ccccc1)C(c1ccccc1)c1ccccc1. The summed E-state index contributed by atoms with van der Waals surface area (Å²) < 4.78 is 1.03. The molecule has 2 heteroatoms. The van der Waals surface area contributed by atoms with Crippen LogP contribution in [0.4, 0.5) is 0 Å². The third kappa shape index (κ3) is 3.23. The summed E-state index contributed by atoms with van der Waals surface area (Å²) in [6.45, 7) is 0. The first-order valence-corrected chi connectivity index (χ1v) is 7.30. The van der Waals surface area contributed by atoms with Gasteiger partial charge < -0.3 is 5.21 Å². The highest BCUT2D eigenvalue weighted by Crippen LogP contribution is 2.25. The van der Waals surface area contributed by atoms with Crippen LogP contribution in [0.25, 0.3) is 0 Å². The molecule has 22 heavy (non-hydrogen) atoms. The fraction of sp³-hybridized carbons (Fsp3) is 0.0500. The lowest BCUT2D eigenvalue weighted by atomic mass is 9.99. The summed E-state index contributed by atoms with van der Waals surface area (Å²) in [5.41, 5.74) is 2.86. The van der Waals surface area contributed by atoms with Gasteiger partial charge in [0.15, 0.2) is 6.21 Å². The largest absolute Gasteiger partial charge is 0.623 e. The van der Waals surface area contributed by atoms with Gasteiger partial charge in [-0.3, -0.25) is 0 Å². The molecule has 0 atom stereocenters. The van der Waals surface area contributed by atoms with Crippen LogP contribution < -0.4 is 0 Å². The van der Waals surface area contributed by atoms with E-state index in [1.54, 1.807) is 6.21 Å². The van der Waals surface area contributed by atoms with E-state index in [0.717, 1.165) is 21.4 Å². The van der Waals surface area contributed by atoms with Gasteiger partial charge in [0.05, 0.1) is 0 Å². The molecule has 0 aromatic heterocycles. The molecule has 0 saturated heterocycles. The van der Waals surface area contributed by atoms with E-state index < -0.39 is 0 Å². The Kier molecular flexibility index (Phi) is 4.30. The standard InChI is InChI=1S/C20H17NO/c22-21(16-17-10-4-1-5-11-17)20(18-12-6-2-7-13-18)19-14-8-3-9-15-19/h1-16,20H. The van der Waals surface area contributed by atoms with Crippen molar-refractivity contribution in [2.75, 3.05) is 0 Å². The molecular formula is C20H17NO. The average Bonchev–Trinajstić information content (AvgIpc) is 2.58. The Bertz CT molecular complexity index is 697. The summed E-state index contributed by atoms with van der Waals surface area (Å²) in [7, 11) is 0. The molecule has 0 N–H and O–H groups in total. The molecule has 0 radical (unpaired) electrons. The van der Waals surface area contributed by atoms with Crippen LogP contribution in [0, 0.1) is 5.21 Å². The van der Waals surface area contributed by atoms with E-state index in [9.17, 15) is 5.21 Å². The van der Waals surface area contributed by atoms with Crippen molar-refractivity contribution in [3.05, 3.63) is 113 Å². The fourth-order valence-corrected chi connectivity index (χ4v) is 2.52. The predicted octanol–water partition coefficient (Wildman–Crippen LogP) is 4.41. The van der Waals surface area contributed by atoms with Crippen LogP contribution in [0.1, 0.15) is 22.7 Å². The molecule has 0 aliphatic carbocycles. The van der Waals surface area contributed by atoms with Gasteiger partial charge in [-0.15, -0.1) is 0 Å². The summed E-state index contributed by atoms with van der Waals surface area (Å²) >= 11 is 0. The van der Waals surface area contributed by atoms with Crippen molar-refractivity contribution in [3.8, 4) is 0 Å². The smallest absolute Gasteiger partial charge is 0.213 e. The highest BCUT2D eigenvalue weighted by atomic mass is 16.5. The van der Waals surface area contributed by atoms with Gasteiger partial charge in [-0.05, 0) is 12.1 Å². The highest BCUT2D eigenvalue weighted by molar-refractivity contribution is 5.75. The molecule has 3 aromatic carbocycles. The van der Waals surface area contributed by atoms with Crippen molar-refractivity contribution in [1.82, 2.24) is 0 Å². The van der Waals surface area contributed by atoms with E-state index in [1.807, 2.05) is 91.0 Å². The van der Waals surface area contributed by atoms with E-state index in [1.165, 1.54) is 0 Å². The van der Waals surface area contributed by atoms with E-state index in [2.05, 4.69) is 0 Å². The zero-order valence-corrected chi connectivity index (χ0v) is 12.2. The highest BCUT2D eigenvalue weighted by Gasteiger charge is 2.21. The minimum Gasteiger partial charge on any atom is -0.623 e. The van der Waals surface area contributed by atoms with Crippen LogP contribution in [-0.4, -0.2) is 11.0 Å². The summed E-state index contributed by atoms with van der Waals surface area (Å²) in [4.78, 5) is 0. The monoisotopic (exact) mass is 287 g/mol. The van der Waals surface area contributed by atoms with Gasteiger partial charge in [0.25, 0.3) is 0 Å². The summed E-state index contributed by atoms with van der Waals surface area (Å²) in [5, 5.41) is 12.8. The number of nitrogens with zero attached hydrogens (tertiary/aromatic N) is 1. The van der Waals surface area contributed by atoms with Gasteiger partial charge in [-0.25, -0.2) is 0 Å². The zero-order valence-electron chi connectivity index (χ0n) is 12.2. The summed E-state index contributed by atoms with van der Waals surface area (Å²) in [6.07, 6.45) is 1.64. The van der Waals surface area contributed by atoms with Gasteiger partial charge in [0, 0.05) is 16.7 Å². The number of hydroxylamine groups is 1. The van der Waals surface area contributed by atoms with Gasteiger partial charge in [0.2, 0.25) is 6.04 Å². The van der Waals surface area contributed by atoms with Crippen LogP contribution in [0.5, 0.6) is 0 Å². The Balaban J connectivity index is 2.04. The number of hydrogen-bond acceptors (Lipinski definition) is 1. The molecule has 0 aliphatic heterocycles. The molecule has 108 valence electrons. The Hall–Kier alpha value is -2.87. The molecule has 0 saturated carbocycles. The second-order valence-electron chi connectivity index (χ2n) is 5.12. The van der Waals surface area contributed by atoms with Gasteiger partial charge in [-0.2, -0.15) is 4.74 Å². The van der Waals surface area contributed by atoms with Crippen molar-refractivity contribution in [3.63, 3.8) is 0 Å². The average molecular weight is 287 g/mol. The first-order chi connectivity index (χ1) is 10.8. The maximum atomic E-state index is 12.8. The number of benzene rings is 3. The molecule has 0 spiro atoms. The molecular weight excluding hydrogens is 270 g/mol. The maximum Gasteiger partial charge on any atom is 0.213 e. The zero-order chi connectivity index (χ0) is 15.2. The van der Waals surface area contributed by atoms with Gasteiger partial charge >= 0.3 is 0 Å². The summed E-state index contributed by atoms with van der Waals surface area (Å²) in [6, 6.07) is 29.0. The Morgan fingerprint density at radius 2 is 1.05 bits per heavy atom. The Morgan fingerprint density at radius 1 is 0.636 bits per heavy atom. The number of rotatable bonds is 4. The lowest BCUT2D eigenvalue weighted by molar-refractivity contribution is -0.490. The van der Waals surface area contributed by atoms with Crippen LogP contribution in [0.15, 0.2) is 91.0 Å². The minimum atomic E-state index is -0.345. The first kappa shape index (κ1) is 14.1. The lowest BCUT2D eigenvalue weighted by Gasteiger charge is -2.18. The third-order valence-corrected chi connectivity index (χ3v) is 3.56. The lowest BCUT2D eigenvalue weighted by Crippen LogP contribution is -2.16. The van der Waals surface area contributed by atoms with Crippen LogP contribution >= 0.6 is 0 Å². The quantitative estimate of drug-likeness (QED) is 0.302. The van der Waals surface area contributed by atoms with Gasteiger partial charge in [-0.1, -0.05) is 78.9 Å². The molecule has 0 aliphatic rings. The molecule has 0 heterocycles. The van der Waals surface area contributed by atoms with Gasteiger partial charge in [0.1, 0.15) is 0 Å². The molecule has 2 nitrogen and oxygen atoms in total. The molecule has 3 rings (SSSR count). The molecule has 0 unspecified atom stereocenters. The van der Waals surface area contributed by atoms with E-state index in [4.69, 9.17) is 0 Å². The van der Waals surface area contributed by atoms with Crippen molar-refractivity contribution in [2.24, 2.45) is 0 Å². The summed E-state index contributed by atoms with van der Waals surface area (Å²) in [5.74, 6) is 0. The predicted molar refractivity (Wildman–Crippen MR) is 90.0 cm³/mol. The molecule has 0 fully saturated rings. The normalized spacial score (nSPS) is 11.6. The van der Waals surface area contributed by atoms with E-state index in [0.29, 0.717) is 0 Å². The third-order valence-electron chi connectivity index (χ3n) is 3.56. The molecule has 0 bridgehead atoms. The van der Waals surface area contributed by atoms with Crippen molar-refractivity contribution < 1.29 is 4.74 Å². The molecule has 3 aromatic rings. The van der Waals surface area contributed by atoms with E-state index >= 15 is 0 Å². The minimum absolute atomic E-state index is 0.345. The fourth-order valence-electron chi connectivity index (χ4n) is 2.52. The number of hydrogen-bond donors (Lipinski definition) is 0. The first-order valence-electron chi connectivity index (χ1n) is 7.30. The molecule has 0 amide bonds. The second kappa shape index (κ2) is 6.72. The maximum absolute atomic E-state index is 12.8. The second-order valence-corrected chi connectivity index (χ2v) is 5.12. The Labute approximate surface area is 130 Å². The van der Waals surface area contributed by atoms with Crippen molar-refractivity contribution in [1.29, 1.82) is 0 Å². The Morgan fingerprint density at radius 3 is 1.50 bits per heavy atom. The van der Waals surface area contributed by atoms with Crippen LogP contribution in [-0.2, 0) is 0 Å². The topological polar surface area (TPSA) is 26.1 Å². The van der Waals surface area contributed by atoms with Crippen LogP contribution in [0.2, 0.25) is 0 Å². The van der Waals surface area contributed by atoms with Crippen molar-refractivity contribution >= 4 is 6.21 Å². The van der Waals surface area contributed by atoms with Crippen molar-refractivity contribution in [2.45, 2.75) is 6.04 Å². The van der Waals surface area contributed by atoms with E-state index in [-0.39, 0.29) is 6.04 Å².